The van der Waals surface area contributed by atoms with E-state index >= 15 is 0 Å². The van der Waals surface area contributed by atoms with Crippen LogP contribution in [0.25, 0.3) is 5.69 Å². The van der Waals surface area contributed by atoms with Gasteiger partial charge in [-0.2, -0.15) is 0 Å². The summed E-state index contributed by atoms with van der Waals surface area (Å²) in [5.41, 5.74) is 2.86. The molecule has 1 fully saturated rings. The summed E-state index contributed by atoms with van der Waals surface area (Å²) in [5, 5.41) is 3.85. The van der Waals surface area contributed by atoms with Crippen LogP contribution < -0.4 is 5.32 Å². The molecule has 1 saturated heterocycles. The molecule has 1 atom stereocenters. The first-order valence-electron chi connectivity index (χ1n) is 9.72. The van der Waals surface area contributed by atoms with Gasteiger partial charge in [0, 0.05) is 35.2 Å². The molecule has 3 aromatic rings. The lowest BCUT2D eigenvalue weighted by molar-refractivity contribution is 0.0938. The Hall–Kier alpha value is -2.56. The molecule has 4 rings (SSSR count). The lowest BCUT2D eigenvalue weighted by Crippen LogP contribution is -2.36. The van der Waals surface area contributed by atoms with E-state index in [9.17, 15) is 4.79 Å². The third-order valence-corrected chi connectivity index (χ3v) is 5.54. The topological polar surface area (TPSA) is 37.3 Å². The van der Waals surface area contributed by atoms with Gasteiger partial charge in [0.2, 0.25) is 0 Å². The number of likely N-dealkylation sites (tertiary alicyclic amines) is 1. The quantitative estimate of drug-likeness (QED) is 0.659. The predicted octanol–water partition coefficient (Wildman–Crippen LogP) is 4.70. The van der Waals surface area contributed by atoms with Gasteiger partial charge >= 0.3 is 0 Å². The van der Waals surface area contributed by atoms with Crippen molar-refractivity contribution in [2.45, 2.75) is 18.9 Å². The summed E-state index contributed by atoms with van der Waals surface area (Å²) in [6.45, 7) is 2.68. The molecule has 4 nitrogen and oxygen atoms in total. The Morgan fingerprint density at radius 1 is 1.00 bits per heavy atom. The van der Waals surface area contributed by atoms with Crippen molar-refractivity contribution in [3.63, 3.8) is 0 Å². The van der Waals surface area contributed by atoms with Crippen molar-refractivity contribution >= 4 is 17.5 Å². The molecule has 0 spiro atoms. The molecule has 1 aromatic heterocycles. The maximum Gasteiger partial charge on any atom is 0.251 e. The number of benzene rings is 2. The van der Waals surface area contributed by atoms with Crippen LogP contribution in [0.15, 0.2) is 73.1 Å². The number of hydrogen-bond acceptors (Lipinski definition) is 2. The van der Waals surface area contributed by atoms with E-state index in [4.69, 9.17) is 11.6 Å². The molecule has 1 unspecified atom stereocenters. The summed E-state index contributed by atoms with van der Waals surface area (Å²) < 4.78 is 2.02. The molecule has 144 valence electrons. The lowest BCUT2D eigenvalue weighted by atomic mass is 10.1. The summed E-state index contributed by atoms with van der Waals surface area (Å²) >= 11 is 6.20. The van der Waals surface area contributed by atoms with Gasteiger partial charge in [0.25, 0.3) is 5.91 Å². The van der Waals surface area contributed by atoms with E-state index in [0.717, 1.165) is 29.4 Å². The van der Waals surface area contributed by atoms with E-state index in [0.29, 0.717) is 12.1 Å². The van der Waals surface area contributed by atoms with Crippen molar-refractivity contribution in [3.05, 3.63) is 89.2 Å². The Morgan fingerprint density at radius 2 is 1.71 bits per heavy atom. The number of amides is 1. The van der Waals surface area contributed by atoms with E-state index in [-0.39, 0.29) is 11.9 Å². The Bertz CT molecular complexity index is 915. The number of rotatable bonds is 6. The maximum absolute atomic E-state index is 12.7. The zero-order chi connectivity index (χ0) is 19.3. The van der Waals surface area contributed by atoms with E-state index in [2.05, 4.69) is 16.3 Å². The van der Waals surface area contributed by atoms with Crippen molar-refractivity contribution in [2.24, 2.45) is 0 Å². The van der Waals surface area contributed by atoms with Gasteiger partial charge in [-0.3, -0.25) is 9.69 Å². The molecule has 5 heteroatoms. The third-order valence-electron chi connectivity index (χ3n) is 5.30. The maximum atomic E-state index is 12.7. The number of halogens is 1. The predicted molar refractivity (Wildman–Crippen MR) is 113 cm³/mol. The van der Waals surface area contributed by atoms with Crippen LogP contribution in [0.4, 0.5) is 0 Å². The summed E-state index contributed by atoms with van der Waals surface area (Å²) in [6.07, 6.45) is 6.37. The number of carbonyl (C=O) groups is 1. The lowest BCUT2D eigenvalue weighted by Gasteiger charge is -2.28. The van der Waals surface area contributed by atoms with Crippen molar-refractivity contribution in [3.8, 4) is 5.69 Å². The smallest absolute Gasteiger partial charge is 0.251 e. The third kappa shape index (κ3) is 4.29. The van der Waals surface area contributed by atoms with Crippen molar-refractivity contribution in [1.82, 2.24) is 14.8 Å². The van der Waals surface area contributed by atoms with Crippen LogP contribution in [0.3, 0.4) is 0 Å². The van der Waals surface area contributed by atoms with Crippen LogP contribution in [-0.4, -0.2) is 35.0 Å². The zero-order valence-electron chi connectivity index (χ0n) is 15.7. The van der Waals surface area contributed by atoms with Crippen LogP contribution in [0.2, 0.25) is 5.02 Å². The zero-order valence-corrected chi connectivity index (χ0v) is 16.5. The number of nitrogens with zero attached hydrogens (tertiary/aromatic N) is 2. The first-order valence-corrected chi connectivity index (χ1v) is 10.1. The SMILES string of the molecule is O=C(NCC(c1cccc(Cl)c1)N1CCCC1)c1ccc(-n2cccc2)cc1. The highest BCUT2D eigenvalue weighted by molar-refractivity contribution is 6.30. The molecule has 0 radical (unpaired) electrons. The van der Waals surface area contributed by atoms with E-state index in [1.807, 2.05) is 71.6 Å². The number of hydrogen-bond donors (Lipinski definition) is 1. The Morgan fingerprint density at radius 3 is 2.39 bits per heavy atom. The van der Waals surface area contributed by atoms with Crippen LogP contribution >= 0.6 is 11.6 Å². The fraction of sp³-hybridized carbons (Fsp3) is 0.261. The molecule has 2 heterocycles. The molecule has 0 bridgehead atoms. The van der Waals surface area contributed by atoms with Gasteiger partial charge in [0.05, 0.1) is 6.04 Å². The van der Waals surface area contributed by atoms with E-state index in [1.54, 1.807) is 0 Å². The Kier molecular flexibility index (Phi) is 5.79. The minimum atomic E-state index is -0.0507. The van der Waals surface area contributed by atoms with Crippen LogP contribution in [0.5, 0.6) is 0 Å². The minimum absolute atomic E-state index is 0.0507. The highest BCUT2D eigenvalue weighted by atomic mass is 35.5. The second-order valence-corrected chi connectivity index (χ2v) is 7.60. The molecule has 1 aliphatic rings. The van der Waals surface area contributed by atoms with Crippen LogP contribution in [0, 0.1) is 0 Å². The van der Waals surface area contributed by atoms with Gasteiger partial charge in [-0.25, -0.2) is 0 Å². The van der Waals surface area contributed by atoms with E-state index in [1.165, 1.54) is 12.8 Å². The van der Waals surface area contributed by atoms with Gasteiger partial charge in [-0.1, -0.05) is 23.7 Å². The first kappa shape index (κ1) is 18.8. The van der Waals surface area contributed by atoms with Gasteiger partial charge in [0.15, 0.2) is 0 Å². The molecule has 0 aliphatic carbocycles. The molecule has 28 heavy (non-hydrogen) atoms. The van der Waals surface area contributed by atoms with E-state index < -0.39 is 0 Å². The van der Waals surface area contributed by atoms with Crippen molar-refractivity contribution in [1.29, 1.82) is 0 Å². The molecular formula is C23H24ClN3O. The largest absolute Gasteiger partial charge is 0.350 e. The minimum Gasteiger partial charge on any atom is -0.350 e. The second kappa shape index (κ2) is 8.63. The average Bonchev–Trinajstić information content (AvgIpc) is 3.43. The van der Waals surface area contributed by atoms with Gasteiger partial charge in [-0.15, -0.1) is 0 Å². The molecular weight excluding hydrogens is 370 g/mol. The summed E-state index contributed by atoms with van der Waals surface area (Å²) in [4.78, 5) is 15.1. The number of carbonyl (C=O) groups excluding carboxylic acids is 1. The normalized spacial score (nSPS) is 15.5. The second-order valence-electron chi connectivity index (χ2n) is 7.16. The Balaban J connectivity index is 1.45. The molecule has 0 saturated carbocycles. The van der Waals surface area contributed by atoms with Gasteiger partial charge in [-0.05, 0) is 80.0 Å². The highest BCUT2D eigenvalue weighted by Crippen LogP contribution is 2.26. The monoisotopic (exact) mass is 393 g/mol. The molecule has 2 aromatic carbocycles. The fourth-order valence-electron chi connectivity index (χ4n) is 3.81. The van der Waals surface area contributed by atoms with Crippen molar-refractivity contribution in [2.75, 3.05) is 19.6 Å². The summed E-state index contributed by atoms with van der Waals surface area (Å²) in [7, 11) is 0. The Labute approximate surface area is 170 Å². The van der Waals surface area contributed by atoms with Gasteiger partial charge in [0.1, 0.15) is 0 Å². The number of aromatic nitrogens is 1. The van der Waals surface area contributed by atoms with Crippen LogP contribution in [-0.2, 0) is 0 Å². The standard InChI is InChI=1S/C23H24ClN3O/c24-20-7-5-6-19(16-20)22(27-14-3-4-15-27)17-25-23(28)18-8-10-21(11-9-18)26-12-1-2-13-26/h1-2,5-13,16,22H,3-4,14-15,17H2,(H,25,28). The summed E-state index contributed by atoms with van der Waals surface area (Å²) in [6, 6.07) is 19.7. The first-order chi connectivity index (χ1) is 13.7. The van der Waals surface area contributed by atoms with Gasteiger partial charge < -0.3 is 9.88 Å². The molecule has 1 aliphatic heterocycles. The summed E-state index contributed by atoms with van der Waals surface area (Å²) in [5.74, 6) is -0.0507. The van der Waals surface area contributed by atoms with Crippen LogP contribution in [0.1, 0.15) is 34.8 Å². The fourth-order valence-corrected chi connectivity index (χ4v) is 4.01. The highest BCUT2D eigenvalue weighted by Gasteiger charge is 2.24. The average molecular weight is 394 g/mol. The molecule has 1 amide bonds. The number of nitrogens with one attached hydrogen (secondary N) is 1. The van der Waals surface area contributed by atoms with Crippen molar-refractivity contribution < 1.29 is 4.79 Å². The molecule has 1 N–H and O–H groups in total.